The first-order valence-electron chi connectivity index (χ1n) is 4.45. The maximum Gasteiger partial charge on any atom is 0.103 e. The maximum absolute atomic E-state index is 5.93. The van der Waals surface area contributed by atoms with Gasteiger partial charge in [-0.1, -0.05) is 0 Å². The lowest BCUT2D eigenvalue weighted by molar-refractivity contribution is 1.28. The SMILES string of the molecule is Cc1cnc(-c2sccc2C)c(N)c1. The van der Waals surface area contributed by atoms with Crippen LogP contribution in [-0.4, -0.2) is 4.98 Å². The molecule has 2 aromatic heterocycles. The number of rotatable bonds is 1. The molecule has 3 heteroatoms. The highest BCUT2D eigenvalue weighted by Crippen LogP contribution is 2.31. The predicted octanol–water partition coefficient (Wildman–Crippen LogP) is 3.01. The molecule has 0 unspecified atom stereocenters. The van der Waals surface area contributed by atoms with Crippen LogP contribution in [0, 0.1) is 13.8 Å². The average Bonchev–Trinajstić information content (AvgIpc) is 2.52. The maximum atomic E-state index is 5.93. The molecule has 0 aliphatic heterocycles. The summed E-state index contributed by atoms with van der Waals surface area (Å²) in [6.45, 7) is 4.07. The van der Waals surface area contributed by atoms with Crippen LogP contribution in [0.5, 0.6) is 0 Å². The molecule has 0 spiro atoms. The van der Waals surface area contributed by atoms with Gasteiger partial charge >= 0.3 is 0 Å². The van der Waals surface area contributed by atoms with Gasteiger partial charge in [0.15, 0.2) is 0 Å². The number of nitrogen functional groups attached to an aromatic ring is 1. The molecule has 2 aromatic rings. The minimum absolute atomic E-state index is 0.760. The van der Waals surface area contributed by atoms with E-state index in [0.717, 1.165) is 16.9 Å². The highest BCUT2D eigenvalue weighted by molar-refractivity contribution is 7.13. The minimum atomic E-state index is 0.760. The van der Waals surface area contributed by atoms with E-state index in [1.165, 1.54) is 10.4 Å². The third-order valence-corrected chi connectivity index (χ3v) is 3.15. The van der Waals surface area contributed by atoms with Gasteiger partial charge in [0.25, 0.3) is 0 Å². The van der Waals surface area contributed by atoms with Gasteiger partial charge in [-0.2, -0.15) is 0 Å². The molecule has 0 saturated carbocycles. The third-order valence-electron chi connectivity index (χ3n) is 2.13. The smallest absolute Gasteiger partial charge is 0.103 e. The molecular formula is C11H12N2S. The summed E-state index contributed by atoms with van der Waals surface area (Å²) in [4.78, 5) is 5.54. The molecule has 2 N–H and O–H groups in total. The summed E-state index contributed by atoms with van der Waals surface area (Å²) in [5.41, 5.74) is 9.92. The van der Waals surface area contributed by atoms with Gasteiger partial charge < -0.3 is 5.73 Å². The van der Waals surface area contributed by atoms with E-state index in [-0.39, 0.29) is 0 Å². The molecule has 0 bridgehead atoms. The second-order valence-corrected chi connectivity index (χ2v) is 4.30. The fraction of sp³-hybridized carbons (Fsp3) is 0.182. The van der Waals surface area contributed by atoms with Gasteiger partial charge in [0.1, 0.15) is 5.69 Å². The Kier molecular flexibility index (Phi) is 2.25. The Bertz CT molecular complexity index is 460. The zero-order valence-corrected chi connectivity index (χ0v) is 9.06. The highest BCUT2D eigenvalue weighted by atomic mass is 32.1. The van der Waals surface area contributed by atoms with E-state index >= 15 is 0 Å². The topological polar surface area (TPSA) is 38.9 Å². The zero-order chi connectivity index (χ0) is 10.1. The quantitative estimate of drug-likeness (QED) is 0.775. The van der Waals surface area contributed by atoms with Crippen LogP contribution in [0.1, 0.15) is 11.1 Å². The molecule has 72 valence electrons. The Balaban J connectivity index is 2.58. The molecule has 0 aliphatic rings. The second kappa shape index (κ2) is 3.42. The van der Waals surface area contributed by atoms with Crippen molar-refractivity contribution in [3.8, 4) is 10.6 Å². The van der Waals surface area contributed by atoms with Crippen molar-refractivity contribution in [3.05, 3.63) is 34.8 Å². The number of aromatic nitrogens is 1. The molecule has 0 radical (unpaired) electrons. The molecule has 0 amide bonds. The molecule has 0 aromatic carbocycles. The summed E-state index contributed by atoms with van der Waals surface area (Å²) < 4.78 is 0. The van der Waals surface area contributed by atoms with E-state index in [0.29, 0.717) is 0 Å². The van der Waals surface area contributed by atoms with Gasteiger partial charge in [-0.3, -0.25) is 4.98 Å². The van der Waals surface area contributed by atoms with E-state index in [2.05, 4.69) is 23.4 Å². The van der Waals surface area contributed by atoms with Crippen LogP contribution >= 0.6 is 11.3 Å². The van der Waals surface area contributed by atoms with Gasteiger partial charge in [0.2, 0.25) is 0 Å². The minimum Gasteiger partial charge on any atom is -0.397 e. The van der Waals surface area contributed by atoms with E-state index in [4.69, 9.17) is 5.73 Å². The molecule has 0 saturated heterocycles. The van der Waals surface area contributed by atoms with Gasteiger partial charge in [-0.05, 0) is 42.5 Å². The highest BCUT2D eigenvalue weighted by Gasteiger charge is 2.08. The van der Waals surface area contributed by atoms with Gasteiger partial charge in [-0.25, -0.2) is 0 Å². The van der Waals surface area contributed by atoms with Crippen molar-refractivity contribution in [2.75, 3.05) is 5.73 Å². The van der Waals surface area contributed by atoms with Crippen molar-refractivity contribution in [1.82, 2.24) is 4.98 Å². The van der Waals surface area contributed by atoms with E-state index in [9.17, 15) is 0 Å². The fourth-order valence-corrected chi connectivity index (χ4v) is 2.34. The summed E-state index contributed by atoms with van der Waals surface area (Å²) in [7, 11) is 0. The summed E-state index contributed by atoms with van der Waals surface area (Å²) in [5, 5.41) is 2.06. The summed E-state index contributed by atoms with van der Waals surface area (Å²) >= 11 is 1.68. The first-order valence-corrected chi connectivity index (χ1v) is 5.33. The molecule has 2 heterocycles. The number of aryl methyl sites for hydroxylation is 2. The summed E-state index contributed by atoms with van der Waals surface area (Å²) in [6.07, 6.45) is 1.85. The molecule has 0 atom stereocenters. The van der Waals surface area contributed by atoms with Gasteiger partial charge in [-0.15, -0.1) is 11.3 Å². The van der Waals surface area contributed by atoms with E-state index in [1.807, 2.05) is 19.2 Å². The van der Waals surface area contributed by atoms with Crippen LogP contribution in [0.3, 0.4) is 0 Å². The average molecular weight is 204 g/mol. The lowest BCUT2D eigenvalue weighted by Crippen LogP contribution is -1.93. The van der Waals surface area contributed by atoms with Crippen LogP contribution in [0.25, 0.3) is 10.6 Å². The molecule has 0 fully saturated rings. The standard InChI is InChI=1S/C11H12N2S/c1-7-5-9(12)10(13-6-7)11-8(2)3-4-14-11/h3-6H,12H2,1-2H3. The second-order valence-electron chi connectivity index (χ2n) is 3.38. The molecule has 14 heavy (non-hydrogen) atoms. The van der Waals surface area contributed by atoms with E-state index < -0.39 is 0 Å². The van der Waals surface area contributed by atoms with Crippen molar-refractivity contribution in [3.63, 3.8) is 0 Å². The normalized spacial score (nSPS) is 10.4. The van der Waals surface area contributed by atoms with Crippen molar-refractivity contribution in [2.24, 2.45) is 0 Å². The Labute approximate surface area is 87.4 Å². The third kappa shape index (κ3) is 1.51. The number of thiophene rings is 1. The number of anilines is 1. The molecular weight excluding hydrogens is 192 g/mol. The Morgan fingerprint density at radius 3 is 2.71 bits per heavy atom. The first kappa shape index (κ1) is 9.21. The number of hydrogen-bond donors (Lipinski definition) is 1. The van der Waals surface area contributed by atoms with Crippen molar-refractivity contribution in [1.29, 1.82) is 0 Å². The van der Waals surface area contributed by atoms with Gasteiger partial charge in [0, 0.05) is 6.20 Å². The molecule has 2 rings (SSSR count). The molecule has 2 nitrogen and oxygen atoms in total. The molecule has 0 aliphatic carbocycles. The largest absolute Gasteiger partial charge is 0.397 e. The van der Waals surface area contributed by atoms with Crippen LogP contribution in [-0.2, 0) is 0 Å². The summed E-state index contributed by atoms with van der Waals surface area (Å²) in [5.74, 6) is 0. The zero-order valence-electron chi connectivity index (χ0n) is 8.24. The number of pyridine rings is 1. The predicted molar refractivity (Wildman–Crippen MR) is 61.4 cm³/mol. The van der Waals surface area contributed by atoms with Crippen LogP contribution in [0.2, 0.25) is 0 Å². The Hall–Kier alpha value is -1.35. The first-order chi connectivity index (χ1) is 6.68. The van der Waals surface area contributed by atoms with Gasteiger partial charge in [0.05, 0.1) is 10.6 Å². The van der Waals surface area contributed by atoms with Crippen LogP contribution < -0.4 is 5.73 Å². The number of hydrogen-bond acceptors (Lipinski definition) is 3. The monoisotopic (exact) mass is 204 g/mol. The number of nitrogens with two attached hydrogens (primary N) is 1. The number of nitrogens with zero attached hydrogens (tertiary/aromatic N) is 1. The van der Waals surface area contributed by atoms with Crippen molar-refractivity contribution >= 4 is 17.0 Å². The Morgan fingerprint density at radius 2 is 2.14 bits per heavy atom. The Morgan fingerprint density at radius 1 is 1.36 bits per heavy atom. The van der Waals surface area contributed by atoms with E-state index in [1.54, 1.807) is 11.3 Å². The van der Waals surface area contributed by atoms with Crippen molar-refractivity contribution in [2.45, 2.75) is 13.8 Å². The fourth-order valence-electron chi connectivity index (χ4n) is 1.40. The van der Waals surface area contributed by atoms with Crippen LogP contribution in [0.15, 0.2) is 23.7 Å². The van der Waals surface area contributed by atoms with Crippen molar-refractivity contribution < 1.29 is 0 Å². The summed E-state index contributed by atoms with van der Waals surface area (Å²) in [6, 6.07) is 4.04. The lowest BCUT2D eigenvalue weighted by Gasteiger charge is -2.04. The lowest BCUT2D eigenvalue weighted by atomic mass is 10.2. The van der Waals surface area contributed by atoms with Crippen LogP contribution in [0.4, 0.5) is 5.69 Å².